The van der Waals surface area contributed by atoms with Crippen LogP contribution in [0.25, 0.3) is 0 Å². The normalized spacial score (nSPS) is 15.6. The zero-order valence-electron chi connectivity index (χ0n) is 8.09. The van der Waals surface area contributed by atoms with Gasteiger partial charge >= 0.3 is 0 Å². The molecule has 1 aliphatic carbocycles. The predicted molar refractivity (Wildman–Crippen MR) is 55.7 cm³/mol. The first kappa shape index (κ1) is 9.74. The largest absolute Gasteiger partial charge is 0.481 e. The second kappa shape index (κ2) is 4.15. The molecule has 0 bridgehead atoms. The Morgan fingerprint density at radius 1 is 1.57 bits per heavy atom. The van der Waals surface area contributed by atoms with E-state index in [2.05, 4.69) is 10.3 Å². The van der Waals surface area contributed by atoms with Gasteiger partial charge in [-0.05, 0) is 18.9 Å². The lowest BCUT2D eigenvalue weighted by Gasteiger charge is -2.06. The van der Waals surface area contributed by atoms with Gasteiger partial charge in [-0.3, -0.25) is 0 Å². The van der Waals surface area contributed by atoms with E-state index in [0.29, 0.717) is 16.9 Å². The molecule has 1 aromatic rings. The van der Waals surface area contributed by atoms with Gasteiger partial charge in [-0.1, -0.05) is 11.6 Å². The highest BCUT2D eigenvalue weighted by atomic mass is 35.5. The van der Waals surface area contributed by atoms with Gasteiger partial charge in [0.25, 0.3) is 0 Å². The van der Waals surface area contributed by atoms with Gasteiger partial charge in [0.05, 0.1) is 17.8 Å². The van der Waals surface area contributed by atoms with Gasteiger partial charge in [-0.25, -0.2) is 4.98 Å². The lowest BCUT2D eigenvalue weighted by atomic mass is 10.3. The molecule has 2 rings (SSSR count). The molecule has 0 spiro atoms. The summed E-state index contributed by atoms with van der Waals surface area (Å²) in [5.74, 6) is 0.613. The van der Waals surface area contributed by atoms with Crippen LogP contribution in [0.1, 0.15) is 18.5 Å². The maximum absolute atomic E-state index is 6.00. The summed E-state index contributed by atoms with van der Waals surface area (Å²) in [5.41, 5.74) is 0.859. The van der Waals surface area contributed by atoms with Crippen molar-refractivity contribution in [3.05, 3.63) is 22.8 Å². The summed E-state index contributed by atoms with van der Waals surface area (Å²) < 4.78 is 5.03. The second-order valence-corrected chi connectivity index (χ2v) is 3.84. The summed E-state index contributed by atoms with van der Waals surface area (Å²) >= 11 is 6.00. The van der Waals surface area contributed by atoms with E-state index < -0.39 is 0 Å². The topological polar surface area (TPSA) is 34.1 Å². The first-order chi connectivity index (χ1) is 6.79. The zero-order chi connectivity index (χ0) is 9.97. The van der Waals surface area contributed by atoms with Crippen LogP contribution in [0.4, 0.5) is 0 Å². The molecule has 1 fully saturated rings. The van der Waals surface area contributed by atoms with E-state index in [1.807, 2.05) is 6.07 Å². The summed E-state index contributed by atoms with van der Waals surface area (Å²) in [5, 5.41) is 4.06. The molecule has 1 heterocycles. The van der Waals surface area contributed by atoms with Crippen molar-refractivity contribution in [3.63, 3.8) is 0 Å². The minimum atomic E-state index is 0.613. The third-order valence-corrected chi connectivity index (χ3v) is 2.58. The number of halogens is 1. The van der Waals surface area contributed by atoms with Gasteiger partial charge in [-0.2, -0.15) is 0 Å². The number of methoxy groups -OCH3 is 1. The van der Waals surface area contributed by atoms with E-state index in [-0.39, 0.29) is 0 Å². The Bertz CT molecular complexity index is 326. The molecule has 76 valence electrons. The molecule has 0 radical (unpaired) electrons. The van der Waals surface area contributed by atoms with Gasteiger partial charge in [0.15, 0.2) is 0 Å². The number of aromatic nitrogens is 1. The molecule has 1 saturated carbocycles. The molecule has 0 aliphatic heterocycles. The van der Waals surface area contributed by atoms with E-state index in [9.17, 15) is 0 Å². The van der Waals surface area contributed by atoms with E-state index in [0.717, 1.165) is 12.2 Å². The summed E-state index contributed by atoms with van der Waals surface area (Å²) in [6.45, 7) is 0.723. The van der Waals surface area contributed by atoms with Gasteiger partial charge in [0.1, 0.15) is 0 Å². The minimum Gasteiger partial charge on any atom is -0.481 e. The average molecular weight is 213 g/mol. The molecule has 0 amide bonds. The highest BCUT2D eigenvalue weighted by Gasteiger charge is 2.20. The van der Waals surface area contributed by atoms with Crippen molar-refractivity contribution in [2.75, 3.05) is 7.11 Å². The van der Waals surface area contributed by atoms with Crippen molar-refractivity contribution in [2.24, 2.45) is 0 Å². The van der Waals surface area contributed by atoms with Crippen LogP contribution in [-0.4, -0.2) is 18.1 Å². The molecule has 3 nitrogen and oxygen atoms in total. The number of hydrogen-bond acceptors (Lipinski definition) is 3. The van der Waals surface area contributed by atoms with Crippen LogP contribution in [0.2, 0.25) is 5.02 Å². The summed E-state index contributed by atoms with van der Waals surface area (Å²) in [6, 6.07) is 4.25. The zero-order valence-corrected chi connectivity index (χ0v) is 8.84. The van der Waals surface area contributed by atoms with Gasteiger partial charge < -0.3 is 10.1 Å². The fraction of sp³-hybridized carbons (Fsp3) is 0.500. The van der Waals surface area contributed by atoms with Crippen molar-refractivity contribution in [1.82, 2.24) is 10.3 Å². The van der Waals surface area contributed by atoms with Crippen molar-refractivity contribution in [2.45, 2.75) is 25.4 Å². The van der Waals surface area contributed by atoms with Gasteiger partial charge in [0.2, 0.25) is 5.88 Å². The van der Waals surface area contributed by atoms with Crippen LogP contribution in [0.15, 0.2) is 12.1 Å². The van der Waals surface area contributed by atoms with E-state index in [1.165, 1.54) is 12.8 Å². The Labute approximate surface area is 88.4 Å². The van der Waals surface area contributed by atoms with Crippen LogP contribution < -0.4 is 10.1 Å². The molecule has 1 aromatic heterocycles. The number of ether oxygens (including phenoxy) is 1. The molecule has 14 heavy (non-hydrogen) atoms. The molecule has 1 aliphatic rings. The number of rotatable bonds is 4. The average Bonchev–Trinajstić information content (AvgIpc) is 3.00. The molecule has 0 atom stereocenters. The number of hydrogen-bond donors (Lipinski definition) is 1. The standard InChI is InChI=1S/C10H13ClN2O/c1-14-10-5-4-8(11)9(13-10)6-12-7-2-3-7/h4-5,7,12H,2-3,6H2,1H3. The molecule has 4 heteroatoms. The maximum Gasteiger partial charge on any atom is 0.213 e. The van der Waals surface area contributed by atoms with Crippen molar-refractivity contribution in [3.8, 4) is 5.88 Å². The van der Waals surface area contributed by atoms with Crippen LogP contribution in [-0.2, 0) is 6.54 Å². The van der Waals surface area contributed by atoms with Crippen molar-refractivity contribution >= 4 is 11.6 Å². The Morgan fingerprint density at radius 3 is 3.00 bits per heavy atom. The van der Waals surface area contributed by atoms with Crippen LogP contribution in [0.3, 0.4) is 0 Å². The van der Waals surface area contributed by atoms with Crippen LogP contribution >= 0.6 is 11.6 Å². The summed E-state index contributed by atoms with van der Waals surface area (Å²) in [7, 11) is 1.61. The molecular formula is C10H13ClN2O. The lowest BCUT2D eigenvalue weighted by Crippen LogP contribution is -2.16. The second-order valence-electron chi connectivity index (χ2n) is 3.44. The highest BCUT2D eigenvalue weighted by Crippen LogP contribution is 2.22. The maximum atomic E-state index is 6.00. The third-order valence-electron chi connectivity index (χ3n) is 2.24. The van der Waals surface area contributed by atoms with E-state index >= 15 is 0 Å². The van der Waals surface area contributed by atoms with Crippen LogP contribution in [0.5, 0.6) is 5.88 Å². The molecule has 0 saturated heterocycles. The fourth-order valence-electron chi connectivity index (χ4n) is 1.23. The Balaban J connectivity index is 2.04. The SMILES string of the molecule is COc1ccc(Cl)c(CNC2CC2)n1. The van der Waals surface area contributed by atoms with E-state index in [1.54, 1.807) is 13.2 Å². The molecule has 0 unspecified atom stereocenters. The van der Waals surface area contributed by atoms with E-state index in [4.69, 9.17) is 16.3 Å². The molecule has 0 aromatic carbocycles. The minimum absolute atomic E-state index is 0.613. The molecular weight excluding hydrogens is 200 g/mol. The molecule has 1 N–H and O–H groups in total. The number of nitrogens with one attached hydrogen (secondary N) is 1. The van der Waals surface area contributed by atoms with Crippen molar-refractivity contribution in [1.29, 1.82) is 0 Å². The highest BCUT2D eigenvalue weighted by molar-refractivity contribution is 6.31. The third kappa shape index (κ3) is 2.36. The smallest absolute Gasteiger partial charge is 0.213 e. The number of pyridine rings is 1. The first-order valence-electron chi connectivity index (χ1n) is 4.72. The summed E-state index contributed by atoms with van der Waals surface area (Å²) in [4.78, 5) is 4.27. The first-order valence-corrected chi connectivity index (χ1v) is 5.10. The predicted octanol–water partition coefficient (Wildman–Crippen LogP) is 2.00. The monoisotopic (exact) mass is 212 g/mol. The fourth-order valence-corrected chi connectivity index (χ4v) is 1.40. The van der Waals surface area contributed by atoms with Crippen LogP contribution in [0, 0.1) is 0 Å². The van der Waals surface area contributed by atoms with Gasteiger partial charge in [0, 0.05) is 18.7 Å². The lowest BCUT2D eigenvalue weighted by molar-refractivity contribution is 0.395. The Hall–Kier alpha value is -0.800. The Morgan fingerprint density at radius 2 is 2.36 bits per heavy atom. The van der Waals surface area contributed by atoms with Crippen molar-refractivity contribution < 1.29 is 4.74 Å². The van der Waals surface area contributed by atoms with Gasteiger partial charge in [-0.15, -0.1) is 0 Å². The number of nitrogens with zero attached hydrogens (tertiary/aromatic N) is 1. The quantitative estimate of drug-likeness (QED) is 0.829. The summed E-state index contributed by atoms with van der Waals surface area (Å²) in [6.07, 6.45) is 2.53. The Kier molecular flexibility index (Phi) is 2.89.